The maximum atomic E-state index is 14.4. The van der Waals surface area contributed by atoms with Gasteiger partial charge in [0.2, 0.25) is 5.75 Å². The van der Waals surface area contributed by atoms with E-state index < -0.39 is 19.7 Å². The Hall–Kier alpha value is -3.83. The molecule has 1 aliphatic rings. The first-order chi connectivity index (χ1) is 20.7. The number of ether oxygens (including phenoxy) is 4. The van der Waals surface area contributed by atoms with Crippen LogP contribution >= 0.6 is 11.6 Å². The molecule has 0 saturated carbocycles. The smallest absolute Gasteiger partial charge is 0.340 e. The van der Waals surface area contributed by atoms with E-state index in [0.29, 0.717) is 73.9 Å². The average molecular weight is 642 g/mol. The van der Waals surface area contributed by atoms with E-state index in [-0.39, 0.29) is 17.5 Å². The summed E-state index contributed by atoms with van der Waals surface area (Å²) in [7, 11) is 3.63. The number of alkyl halides is 1. The monoisotopic (exact) mass is 641 g/mol. The van der Waals surface area contributed by atoms with E-state index in [2.05, 4.69) is 43.8 Å². The van der Waals surface area contributed by atoms with Crippen molar-refractivity contribution < 1.29 is 33.0 Å². The number of anilines is 1. The number of aromatic amines is 2. The van der Waals surface area contributed by atoms with E-state index in [1.54, 1.807) is 24.1 Å². The summed E-state index contributed by atoms with van der Waals surface area (Å²) < 4.78 is 28.7. The van der Waals surface area contributed by atoms with E-state index in [4.69, 9.17) is 35.0 Å². The number of amides is 1. The Kier molecular flexibility index (Phi) is 8.09. The molecular formula is C32H40ClN3O7Si. The first-order valence-electron chi connectivity index (χ1n) is 14.4. The molecule has 1 unspecified atom stereocenters. The van der Waals surface area contributed by atoms with Gasteiger partial charge in [0.1, 0.15) is 11.4 Å². The van der Waals surface area contributed by atoms with Gasteiger partial charge in [-0.1, -0.05) is 20.8 Å². The third-order valence-electron chi connectivity index (χ3n) is 8.87. The lowest BCUT2D eigenvalue weighted by Crippen LogP contribution is -2.44. The second-order valence-electron chi connectivity index (χ2n) is 12.6. The third-order valence-corrected chi connectivity index (χ3v) is 13.5. The van der Waals surface area contributed by atoms with E-state index >= 15 is 0 Å². The molecule has 0 spiro atoms. The predicted molar refractivity (Wildman–Crippen MR) is 175 cm³/mol. The molecule has 1 aliphatic heterocycles. The minimum absolute atomic E-state index is 0.0929. The number of aryl methyl sites for hydroxylation is 1. The van der Waals surface area contributed by atoms with Gasteiger partial charge in [0.05, 0.1) is 56.1 Å². The van der Waals surface area contributed by atoms with Crippen LogP contribution < -0.4 is 23.5 Å². The number of carbonyl (C=O) groups is 2. The highest BCUT2D eigenvalue weighted by atomic mass is 35.5. The summed E-state index contributed by atoms with van der Waals surface area (Å²) in [6.07, 6.45) is 0.452. The Balaban J connectivity index is 1.74. The number of nitrogens with zero attached hydrogens (tertiary/aromatic N) is 1. The molecule has 3 heterocycles. The van der Waals surface area contributed by atoms with E-state index in [9.17, 15) is 9.59 Å². The molecule has 1 atom stereocenters. The number of nitrogens with one attached hydrogen (secondary N) is 2. The van der Waals surface area contributed by atoms with E-state index in [1.807, 2.05) is 13.0 Å². The first-order valence-corrected chi connectivity index (χ1v) is 17.7. The summed E-state index contributed by atoms with van der Waals surface area (Å²) in [6.45, 7) is 12.9. The molecule has 2 N–H and O–H groups in total. The normalized spacial score (nSPS) is 15.3. The lowest BCUT2D eigenvalue weighted by Gasteiger charge is -2.38. The average Bonchev–Trinajstić information content (AvgIpc) is 3.55. The fourth-order valence-electron chi connectivity index (χ4n) is 5.62. The van der Waals surface area contributed by atoms with Crippen molar-refractivity contribution in [2.75, 3.05) is 39.9 Å². The molecule has 236 valence electrons. The maximum absolute atomic E-state index is 14.4. The molecule has 2 aromatic carbocycles. The molecule has 0 radical (unpaired) electrons. The molecule has 4 aromatic rings. The van der Waals surface area contributed by atoms with Gasteiger partial charge in [0.15, 0.2) is 11.5 Å². The van der Waals surface area contributed by atoms with Gasteiger partial charge in [-0.25, -0.2) is 4.79 Å². The van der Waals surface area contributed by atoms with Gasteiger partial charge in [-0.3, -0.25) is 4.79 Å². The summed E-state index contributed by atoms with van der Waals surface area (Å²) in [4.78, 5) is 35.7. The number of rotatable bonds is 7. The molecule has 5 rings (SSSR count). The van der Waals surface area contributed by atoms with Crippen molar-refractivity contribution in [2.45, 2.75) is 57.6 Å². The second-order valence-corrected chi connectivity index (χ2v) is 18.0. The van der Waals surface area contributed by atoms with Crippen molar-refractivity contribution in [3.05, 3.63) is 40.7 Å². The van der Waals surface area contributed by atoms with E-state index in [1.165, 1.54) is 21.3 Å². The Morgan fingerprint density at radius 1 is 0.955 bits per heavy atom. The Bertz CT molecular complexity index is 1790. The molecule has 1 amide bonds. The zero-order valence-electron chi connectivity index (χ0n) is 26.9. The maximum Gasteiger partial charge on any atom is 0.340 e. The van der Waals surface area contributed by atoms with Crippen LogP contribution in [0, 0.1) is 6.92 Å². The zero-order chi connectivity index (χ0) is 32.3. The number of esters is 1. The minimum Gasteiger partial charge on any atom is -0.542 e. The molecule has 12 heteroatoms. The summed E-state index contributed by atoms with van der Waals surface area (Å²) in [6, 6.07) is 5.45. The number of methoxy groups -OCH3 is 4. The van der Waals surface area contributed by atoms with Crippen molar-refractivity contribution in [1.82, 2.24) is 9.97 Å². The molecule has 10 nitrogen and oxygen atoms in total. The van der Waals surface area contributed by atoms with Gasteiger partial charge in [0, 0.05) is 29.1 Å². The fourth-order valence-corrected chi connectivity index (χ4v) is 6.93. The highest BCUT2D eigenvalue weighted by molar-refractivity contribution is 6.74. The number of aromatic nitrogens is 2. The third kappa shape index (κ3) is 5.05. The van der Waals surface area contributed by atoms with Gasteiger partial charge in [-0.15, -0.1) is 11.6 Å². The number of H-pyrrole nitrogens is 2. The van der Waals surface area contributed by atoms with Crippen LogP contribution in [0.15, 0.2) is 18.2 Å². The summed E-state index contributed by atoms with van der Waals surface area (Å²) in [5, 5.41) is 0.886. The predicted octanol–water partition coefficient (Wildman–Crippen LogP) is 6.96. The first kappa shape index (κ1) is 31.6. The summed E-state index contributed by atoms with van der Waals surface area (Å²) in [5.41, 5.74) is 4.10. The van der Waals surface area contributed by atoms with Crippen LogP contribution in [0.3, 0.4) is 0 Å². The Morgan fingerprint density at radius 2 is 1.64 bits per heavy atom. The van der Waals surface area contributed by atoms with Crippen molar-refractivity contribution in [1.29, 1.82) is 0 Å². The van der Waals surface area contributed by atoms with Gasteiger partial charge < -0.3 is 38.2 Å². The van der Waals surface area contributed by atoms with Crippen LogP contribution in [-0.4, -0.2) is 70.5 Å². The Morgan fingerprint density at radius 3 is 2.23 bits per heavy atom. The van der Waals surface area contributed by atoms with Gasteiger partial charge >= 0.3 is 5.97 Å². The summed E-state index contributed by atoms with van der Waals surface area (Å²) in [5.74, 6) is 1.14. The quantitative estimate of drug-likeness (QED) is 0.127. The molecule has 0 fully saturated rings. The highest BCUT2D eigenvalue weighted by Gasteiger charge is 2.41. The number of carbonyl (C=O) groups excluding carboxylic acids is 2. The van der Waals surface area contributed by atoms with Crippen molar-refractivity contribution in [2.24, 2.45) is 0 Å². The largest absolute Gasteiger partial charge is 0.542 e. The summed E-state index contributed by atoms with van der Waals surface area (Å²) >= 11 is 6.85. The Labute approximate surface area is 263 Å². The molecule has 44 heavy (non-hydrogen) atoms. The van der Waals surface area contributed by atoms with Crippen LogP contribution in [-0.2, 0) is 11.2 Å². The number of halogens is 1. The van der Waals surface area contributed by atoms with E-state index in [0.717, 1.165) is 5.56 Å². The lowest BCUT2D eigenvalue weighted by atomic mass is 9.94. The van der Waals surface area contributed by atoms with Crippen molar-refractivity contribution >= 4 is 59.3 Å². The molecule has 2 aromatic heterocycles. The SMILES string of the molecule is COC(=O)c1c(C)[nH]c2c(O[Si](C)(C)C(C)(C)C)cc3c(c12)CC(Cl)CN3C(=O)c1cc2cc(OC)c(OC)c(OC)c2[nH]1. The van der Waals surface area contributed by atoms with Gasteiger partial charge in [-0.2, -0.15) is 0 Å². The topological polar surface area (TPSA) is 115 Å². The number of hydrogen-bond acceptors (Lipinski definition) is 7. The number of benzene rings is 2. The number of hydrogen-bond donors (Lipinski definition) is 2. The van der Waals surface area contributed by atoms with Crippen LogP contribution in [0.2, 0.25) is 18.1 Å². The highest BCUT2D eigenvalue weighted by Crippen LogP contribution is 2.47. The molecule has 0 bridgehead atoms. The van der Waals surface area contributed by atoms with Crippen LogP contribution in [0.5, 0.6) is 23.0 Å². The number of fused-ring (bicyclic) bond motifs is 4. The van der Waals surface area contributed by atoms with Crippen LogP contribution in [0.4, 0.5) is 5.69 Å². The van der Waals surface area contributed by atoms with Crippen molar-refractivity contribution in [3.8, 4) is 23.0 Å². The van der Waals surface area contributed by atoms with Crippen LogP contribution in [0.25, 0.3) is 21.8 Å². The lowest BCUT2D eigenvalue weighted by molar-refractivity contribution is 0.0602. The molecule has 0 saturated heterocycles. The van der Waals surface area contributed by atoms with Crippen LogP contribution in [0.1, 0.15) is 52.9 Å². The fraction of sp³-hybridized carbons (Fsp3) is 0.438. The van der Waals surface area contributed by atoms with Gasteiger partial charge in [-0.05, 0) is 49.2 Å². The zero-order valence-corrected chi connectivity index (χ0v) is 28.7. The minimum atomic E-state index is -2.34. The second kappa shape index (κ2) is 11.3. The van der Waals surface area contributed by atoms with Gasteiger partial charge in [0.25, 0.3) is 14.2 Å². The molecule has 0 aliphatic carbocycles. The van der Waals surface area contributed by atoms with Crippen molar-refractivity contribution in [3.63, 3.8) is 0 Å². The standard InChI is InChI=1S/C32H40ClN3O7Si/c1-16-24(31(38)42-8)25-19-13-18(33)15-36(21(19)14-22(27(25)34-16)43-44(9,10)32(2,3)4)30(37)20-11-17-12-23(39-5)28(40-6)29(41-7)26(17)35-20/h11-12,14,18,34-35H,13,15H2,1-10H3. The molecular weight excluding hydrogens is 602 g/mol.